The fourth-order valence-electron chi connectivity index (χ4n) is 4.19. The van der Waals surface area contributed by atoms with Crippen LogP contribution < -0.4 is 10.2 Å². The third-order valence-corrected chi connectivity index (χ3v) is 5.88. The van der Waals surface area contributed by atoms with Crippen molar-refractivity contribution in [2.45, 2.75) is 18.4 Å². The number of carbonyl (C=O) groups is 3. The van der Waals surface area contributed by atoms with Crippen molar-refractivity contribution in [3.05, 3.63) is 83.9 Å². The van der Waals surface area contributed by atoms with Gasteiger partial charge in [-0.15, -0.1) is 0 Å². The van der Waals surface area contributed by atoms with Crippen molar-refractivity contribution in [1.29, 1.82) is 0 Å². The molecule has 3 aromatic carbocycles. The van der Waals surface area contributed by atoms with E-state index in [0.29, 0.717) is 5.69 Å². The molecule has 0 spiro atoms. The summed E-state index contributed by atoms with van der Waals surface area (Å²) in [5.74, 6) is -1.99. The third-order valence-electron chi connectivity index (χ3n) is 5.88. The molecule has 0 heterocycles. The van der Waals surface area contributed by atoms with Crippen LogP contribution in [0.5, 0.6) is 5.75 Å². The maximum Gasteiger partial charge on any atom is 0.407 e. The minimum Gasteiger partial charge on any atom is -0.508 e. The van der Waals surface area contributed by atoms with E-state index < -0.39 is 30.4 Å². The van der Waals surface area contributed by atoms with Gasteiger partial charge in [0.2, 0.25) is 5.91 Å². The molecule has 0 saturated carbocycles. The number of phenolic OH excluding ortho intramolecular Hbond substituents is 1. The molecule has 1 aliphatic rings. The number of amides is 2. The summed E-state index contributed by atoms with van der Waals surface area (Å²) in [4.78, 5) is 38.1. The van der Waals surface area contributed by atoms with Gasteiger partial charge in [0.05, 0.1) is 6.42 Å². The van der Waals surface area contributed by atoms with Gasteiger partial charge < -0.3 is 25.2 Å². The van der Waals surface area contributed by atoms with E-state index in [1.54, 1.807) is 0 Å². The number of hydrogen-bond acceptors (Lipinski definition) is 5. The highest BCUT2D eigenvalue weighted by atomic mass is 16.5. The zero-order chi connectivity index (χ0) is 24.2. The SMILES string of the molecule is CN(C(=O)C(CC(=O)O)NC(=O)OCC1c2ccccc2-c2ccccc21)c1ccc(O)cc1. The van der Waals surface area contributed by atoms with E-state index in [9.17, 15) is 24.6 Å². The standard InChI is InChI=1S/C26H24N2O6/c1-28(16-10-12-17(29)13-11-16)25(32)23(14-24(30)31)27-26(33)34-15-22-20-8-4-2-6-18(20)19-7-3-5-9-21(19)22/h2-13,22-23,29H,14-15H2,1H3,(H,27,33)(H,30,31). The number of carbonyl (C=O) groups excluding carboxylic acids is 2. The number of alkyl carbamates (subject to hydrolysis) is 1. The molecule has 0 aliphatic heterocycles. The number of nitrogens with zero attached hydrogens (tertiary/aromatic N) is 1. The van der Waals surface area contributed by atoms with Crippen LogP contribution in [-0.4, -0.2) is 47.9 Å². The molecule has 34 heavy (non-hydrogen) atoms. The van der Waals surface area contributed by atoms with Gasteiger partial charge in [-0.1, -0.05) is 48.5 Å². The minimum absolute atomic E-state index is 0.0310. The van der Waals surface area contributed by atoms with Gasteiger partial charge in [-0.2, -0.15) is 0 Å². The molecule has 174 valence electrons. The van der Waals surface area contributed by atoms with Crippen molar-refractivity contribution in [3.8, 4) is 16.9 Å². The quantitative estimate of drug-likeness (QED) is 0.495. The number of aliphatic carboxylic acids is 1. The Morgan fingerprint density at radius 2 is 1.50 bits per heavy atom. The lowest BCUT2D eigenvalue weighted by Crippen LogP contribution is -2.48. The first-order valence-corrected chi connectivity index (χ1v) is 10.7. The summed E-state index contributed by atoms with van der Waals surface area (Å²) in [5.41, 5.74) is 4.69. The zero-order valence-electron chi connectivity index (χ0n) is 18.5. The Morgan fingerprint density at radius 1 is 0.941 bits per heavy atom. The van der Waals surface area contributed by atoms with Crippen LogP contribution in [0, 0.1) is 0 Å². The van der Waals surface area contributed by atoms with Crippen molar-refractivity contribution < 1.29 is 29.3 Å². The molecule has 2 amide bonds. The number of anilines is 1. The largest absolute Gasteiger partial charge is 0.508 e. The average molecular weight is 460 g/mol. The highest BCUT2D eigenvalue weighted by Gasteiger charge is 2.31. The molecular weight excluding hydrogens is 436 g/mol. The zero-order valence-corrected chi connectivity index (χ0v) is 18.5. The lowest BCUT2D eigenvalue weighted by atomic mass is 9.98. The molecule has 0 radical (unpaired) electrons. The number of phenols is 1. The van der Waals surface area contributed by atoms with Crippen molar-refractivity contribution in [2.75, 3.05) is 18.6 Å². The van der Waals surface area contributed by atoms with Gasteiger partial charge in [-0.25, -0.2) is 4.79 Å². The molecule has 0 saturated heterocycles. The Balaban J connectivity index is 1.45. The molecule has 1 aliphatic carbocycles. The number of carboxylic acids is 1. The van der Waals surface area contributed by atoms with E-state index in [4.69, 9.17) is 4.74 Å². The highest BCUT2D eigenvalue weighted by molar-refractivity contribution is 6.00. The van der Waals surface area contributed by atoms with Crippen LogP contribution in [0.15, 0.2) is 72.8 Å². The molecule has 0 fully saturated rings. The molecule has 1 atom stereocenters. The van der Waals surface area contributed by atoms with E-state index in [0.717, 1.165) is 22.3 Å². The molecule has 8 heteroatoms. The number of rotatable bonds is 7. The summed E-state index contributed by atoms with van der Waals surface area (Å²) in [6.45, 7) is 0.0433. The van der Waals surface area contributed by atoms with E-state index in [2.05, 4.69) is 5.32 Å². The maximum atomic E-state index is 12.9. The molecule has 8 nitrogen and oxygen atoms in total. The molecule has 3 aromatic rings. The van der Waals surface area contributed by atoms with Crippen LogP contribution in [0.25, 0.3) is 11.1 Å². The van der Waals surface area contributed by atoms with Gasteiger partial charge in [-0.05, 0) is 46.5 Å². The molecule has 0 bridgehead atoms. The molecule has 4 rings (SSSR count). The summed E-state index contributed by atoms with van der Waals surface area (Å²) in [5, 5.41) is 21.1. The lowest BCUT2D eigenvalue weighted by molar-refractivity contribution is -0.139. The molecule has 3 N–H and O–H groups in total. The average Bonchev–Trinajstić information content (AvgIpc) is 3.15. The second kappa shape index (κ2) is 9.66. The number of nitrogens with one attached hydrogen (secondary N) is 1. The number of likely N-dealkylation sites (N-methyl/N-ethyl adjacent to an activating group) is 1. The van der Waals surface area contributed by atoms with Gasteiger partial charge in [0.25, 0.3) is 0 Å². The van der Waals surface area contributed by atoms with E-state index in [1.807, 2.05) is 48.5 Å². The Morgan fingerprint density at radius 3 is 2.06 bits per heavy atom. The Labute approximate surface area is 196 Å². The minimum atomic E-state index is -1.33. The normalized spacial score (nSPS) is 12.9. The Hall–Kier alpha value is -4.33. The predicted octanol–water partition coefficient (Wildman–Crippen LogP) is 3.74. The van der Waals surface area contributed by atoms with E-state index in [-0.39, 0.29) is 18.3 Å². The van der Waals surface area contributed by atoms with Gasteiger partial charge >= 0.3 is 12.1 Å². The van der Waals surface area contributed by atoms with Gasteiger partial charge in [0.1, 0.15) is 18.4 Å². The number of ether oxygens (including phenoxy) is 1. The molecule has 1 unspecified atom stereocenters. The summed E-state index contributed by atoms with van der Waals surface area (Å²) in [6, 6.07) is 20.3. The number of fused-ring (bicyclic) bond motifs is 3. The van der Waals surface area contributed by atoms with Crippen molar-refractivity contribution in [3.63, 3.8) is 0 Å². The van der Waals surface area contributed by atoms with E-state index in [1.165, 1.54) is 36.2 Å². The maximum absolute atomic E-state index is 12.9. The van der Waals surface area contributed by atoms with Crippen LogP contribution in [-0.2, 0) is 14.3 Å². The van der Waals surface area contributed by atoms with Crippen LogP contribution in [0.4, 0.5) is 10.5 Å². The smallest absolute Gasteiger partial charge is 0.407 e. The van der Waals surface area contributed by atoms with Crippen LogP contribution in [0.3, 0.4) is 0 Å². The van der Waals surface area contributed by atoms with Crippen molar-refractivity contribution >= 4 is 23.7 Å². The molecular formula is C26H24N2O6. The number of aromatic hydroxyl groups is 1. The summed E-state index contributed by atoms with van der Waals surface area (Å²) < 4.78 is 5.46. The fourth-order valence-corrected chi connectivity index (χ4v) is 4.19. The van der Waals surface area contributed by atoms with Gasteiger partial charge in [0.15, 0.2) is 0 Å². The fraction of sp³-hybridized carbons (Fsp3) is 0.192. The Kier molecular flexibility index (Phi) is 6.49. The number of carboxylic acid groups (broad SMARTS) is 1. The predicted molar refractivity (Wildman–Crippen MR) is 126 cm³/mol. The first-order valence-electron chi connectivity index (χ1n) is 10.7. The van der Waals surface area contributed by atoms with Gasteiger partial charge in [-0.3, -0.25) is 9.59 Å². The topological polar surface area (TPSA) is 116 Å². The lowest BCUT2D eigenvalue weighted by Gasteiger charge is -2.24. The highest BCUT2D eigenvalue weighted by Crippen LogP contribution is 2.44. The second-order valence-corrected chi connectivity index (χ2v) is 8.03. The summed E-state index contributed by atoms with van der Waals surface area (Å²) in [7, 11) is 1.46. The first-order chi connectivity index (χ1) is 16.3. The monoisotopic (exact) mass is 460 g/mol. The van der Waals surface area contributed by atoms with Crippen LogP contribution in [0.2, 0.25) is 0 Å². The molecule has 0 aromatic heterocycles. The van der Waals surface area contributed by atoms with E-state index >= 15 is 0 Å². The Bertz CT molecular complexity index is 1180. The summed E-state index contributed by atoms with van der Waals surface area (Å²) >= 11 is 0. The summed E-state index contributed by atoms with van der Waals surface area (Å²) in [6.07, 6.45) is -1.48. The van der Waals surface area contributed by atoms with Crippen molar-refractivity contribution in [2.24, 2.45) is 0 Å². The number of benzene rings is 3. The third kappa shape index (κ3) is 4.71. The van der Waals surface area contributed by atoms with Crippen molar-refractivity contribution in [1.82, 2.24) is 5.32 Å². The second-order valence-electron chi connectivity index (χ2n) is 8.03. The first kappa shape index (κ1) is 22.8. The van der Waals surface area contributed by atoms with Gasteiger partial charge in [0, 0.05) is 18.7 Å². The van der Waals surface area contributed by atoms with Crippen LogP contribution >= 0.6 is 0 Å². The number of hydrogen-bond donors (Lipinski definition) is 3. The van der Waals surface area contributed by atoms with Crippen LogP contribution in [0.1, 0.15) is 23.5 Å².